The molecule has 0 amide bonds. The van der Waals surface area contributed by atoms with Crippen LogP contribution in [-0.4, -0.2) is 22.6 Å². The van der Waals surface area contributed by atoms with Crippen LogP contribution in [0.1, 0.15) is 35.8 Å². The number of aryl methyl sites for hydroxylation is 1. The number of nitrogens with zero attached hydrogens (tertiary/aromatic N) is 1. The number of imidazole rings is 1. The summed E-state index contributed by atoms with van der Waals surface area (Å²) in [6, 6.07) is 3.63. The highest BCUT2D eigenvalue weighted by Gasteiger charge is 2.17. The molecule has 2 aromatic rings. The summed E-state index contributed by atoms with van der Waals surface area (Å²) in [5.41, 5.74) is 2.36. The lowest BCUT2D eigenvalue weighted by Crippen LogP contribution is -2.18. The van der Waals surface area contributed by atoms with Crippen molar-refractivity contribution in [3.05, 3.63) is 33.7 Å². The largest absolute Gasteiger partial charge is 0.465 e. The molecule has 0 saturated carbocycles. The van der Waals surface area contributed by atoms with Gasteiger partial charge in [0.2, 0.25) is 0 Å². The lowest BCUT2D eigenvalue weighted by molar-refractivity contribution is 0.0602. The van der Waals surface area contributed by atoms with Crippen molar-refractivity contribution in [1.82, 2.24) is 9.55 Å². The van der Waals surface area contributed by atoms with E-state index >= 15 is 0 Å². The van der Waals surface area contributed by atoms with E-state index in [0.717, 1.165) is 11.1 Å². The number of fused-ring (bicyclic) bond motifs is 1. The molecular weight excluding hydrogens is 232 g/mol. The minimum absolute atomic E-state index is 0.0264. The van der Waals surface area contributed by atoms with Crippen molar-refractivity contribution >= 4 is 17.0 Å². The van der Waals surface area contributed by atoms with E-state index in [1.807, 2.05) is 26.8 Å². The molecule has 0 saturated heterocycles. The standard InChI is InChI=1S/C13H16N2O3/c1-7(2)15-10-6-8(3)5-9(12(16)18-4)11(10)14-13(15)17/h5-7H,1-4H3,(H,14,17). The Balaban J connectivity index is 2.87. The van der Waals surface area contributed by atoms with Crippen molar-refractivity contribution in [2.75, 3.05) is 7.11 Å². The van der Waals surface area contributed by atoms with Gasteiger partial charge in [-0.05, 0) is 38.5 Å². The van der Waals surface area contributed by atoms with Gasteiger partial charge in [0.1, 0.15) is 0 Å². The summed E-state index contributed by atoms with van der Waals surface area (Å²) in [5, 5.41) is 0. The first-order valence-corrected chi connectivity index (χ1v) is 5.79. The van der Waals surface area contributed by atoms with Crippen LogP contribution in [0.5, 0.6) is 0 Å². The molecule has 5 nitrogen and oxygen atoms in total. The first-order chi connectivity index (χ1) is 8.45. The summed E-state index contributed by atoms with van der Waals surface area (Å²) in [6.07, 6.45) is 0. The number of ether oxygens (including phenoxy) is 1. The highest BCUT2D eigenvalue weighted by atomic mass is 16.5. The van der Waals surface area contributed by atoms with E-state index in [1.165, 1.54) is 7.11 Å². The molecule has 18 heavy (non-hydrogen) atoms. The number of hydrogen-bond donors (Lipinski definition) is 1. The van der Waals surface area contributed by atoms with E-state index in [4.69, 9.17) is 4.74 Å². The molecule has 0 spiro atoms. The van der Waals surface area contributed by atoms with Crippen LogP contribution in [0.4, 0.5) is 0 Å². The Morgan fingerprint density at radius 1 is 1.39 bits per heavy atom. The third-order valence-electron chi connectivity index (χ3n) is 2.89. The van der Waals surface area contributed by atoms with Crippen molar-refractivity contribution in [2.24, 2.45) is 0 Å². The number of hydrogen-bond acceptors (Lipinski definition) is 3. The summed E-state index contributed by atoms with van der Waals surface area (Å²) >= 11 is 0. The maximum absolute atomic E-state index is 11.9. The number of methoxy groups -OCH3 is 1. The molecule has 1 aromatic heterocycles. The van der Waals surface area contributed by atoms with Crippen molar-refractivity contribution in [1.29, 1.82) is 0 Å². The van der Waals surface area contributed by atoms with Crippen molar-refractivity contribution < 1.29 is 9.53 Å². The molecule has 1 aromatic carbocycles. The van der Waals surface area contributed by atoms with E-state index in [2.05, 4.69) is 4.98 Å². The number of aromatic amines is 1. The van der Waals surface area contributed by atoms with E-state index < -0.39 is 5.97 Å². The highest BCUT2D eigenvalue weighted by molar-refractivity contribution is 6.02. The van der Waals surface area contributed by atoms with E-state index in [1.54, 1.807) is 10.6 Å². The maximum Gasteiger partial charge on any atom is 0.340 e. The molecule has 5 heteroatoms. The molecule has 0 aliphatic carbocycles. The molecule has 1 N–H and O–H groups in total. The number of carbonyl (C=O) groups is 1. The number of aromatic nitrogens is 2. The number of carbonyl (C=O) groups excluding carboxylic acids is 1. The van der Waals surface area contributed by atoms with E-state index in [9.17, 15) is 9.59 Å². The summed E-state index contributed by atoms with van der Waals surface area (Å²) in [6.45, 7) is 5.73. The first-order valence-electron chi connectivity index (χ1n) is 5.79. The molecule has 0 bridgehead atoms. The van der Waals surface area contributed by atoms with E-state index in [-0.39, 0.29) is 11.7 Å². The quantitative estimate of drug-likeness (QED) is 0.827. The lowest BCUT2D eigenvalue weighted by atomic mass is 10.1. The van der Waals surface area contributed by atoms with Crippen LogP contribution in [0.2, 0.25) is 0 Å². The molecule has 0 fully saturated rings. The zero-order chi connectivity index (χ0) is 13.4. The molecule has 96 valence electrons. The molecule has 0 radical (unpaired) electrons. The molecular formula is C13H16N2O3. The van der Waals surface area contributed by atoms with Gasteiger partial charge in [-0.3, -0.25) is 4.57 Å². The fourth-order valence-electron chi connectivity index (χ4n) is 2.15. The fourth-order valence-corrected chi connectivity index (χ4v) is 2.15. The number of esters is 1. The third kappa shape index (κ3) is 1.81. The van der Waals surface area contributed by atoms with Gasteiger partial charge >= 0.3 is 11.7 Å². The zero-order valence-corrected chi connectivity index (χ0v) is 10.9. The number of rotatable bonds is 2. The van der Waals surface area contributed by atoms with Crippen molar-refractivity contribution in [3.63, 3.8) is 0 Å². The average Bonchev–Trinajstić information content (AvgIpc) is 2.62. The second-order valence-corrected chi connectivity index (χ2v) is 4.59. The second kappa shape index (κ2) is 4.33. The van der Waals surface area contributed by atoms with Crippen LogP contribution >= 0.6 is 0 Å². The number of benzene rings is 1. The van der Waals surface area contributed by atoms with Crippen molar-refractivity contribution in [3.8, 4) is 0 Å². The Kier molecular flexibility index (Phi) is 2.98. The van der Waals surface area contributed by atoms with Gasteiger partial charge in [-0.25, -0.2) is 9.59 Å². The summed E-state index contributed by atoms with van der Waals surface area (Å²) in [4.78, 5) is 26.4. The minimum atomic E-state index is -0.444. The number of nitrogens with one attached hydrogen (secondary N) is 1. The van der Waals surface area contributed by atoms with Gasteiger partial charge in [-0.1, -0.05) is 0 Å². The monoisotopic (exact) mass is 248 g/mol. The average molecular weight is 248 g/mol. The van der Waals surface area contributed by atoms with Crippen LogP contribution in [0.3, 0.4) is 0 Å². The van der Waals surface area contributed by atoms with Gasteiger partial charge in [0, 0.05) is 6.04 Å². The lowest BCUT2D eigenvalue weighted by Gasteiger charge is -2.08. The van der Waals surface area contributed by atoms with Gasteiger partial charge in [0.15, 0.2) is 0 Å². The van der Waals surface area contributed by atoms with E-state index in [0.29, 0.717) is 11.1 Å². The Bertz CT molecular complexity index is 665. The topological polar surface area (TPSA) is 64.1 Å². The summed E-state index contributed by atoms with van der Waals surface area (Å²) < 4.78 is 6.37. The Labute approximate surface area is 104 Å². The minimum Gasteiger partial charge on any atom is -0.465 e. The van der Waals surface area contributed by atoms with Crippen LogP contribution in [-0.2, 0) is 4.74 Å². The summed E-state index contributed by atoms with van der Waals surface area (Å²) in [7, 11) is 1.33. The fraction of sp³-hybridized carbons (Fsp3) is 0.385. The SMILES string of the molecule is COC(=O)c1cc(C)cc2c1[nH]c(=O)n2C(C)C. The van der Waals surface area contributed by atoms with Gasteiger partial charge in [-0.2, -0.15) is 0 Å². The Morgan fingerprint density at radius 3 is 2.61 bits per heavy atom. The maximum atomic E-state index is 11.9. The first kappa shape index (κ1) is 12.4. The molecule has 0 unspecified atom stereocenters. The molecule has 0 atom stereocenters. The van der Waals surface area contributed by atoms with Crippen molar-refractivity contribution in [2.45, 2.75) is 26.8 Å². The summed E-state index contributed by atoms with van der Waals surface area (Å²) in [5.74, 6) is -0.444. The zero-order valence-electron chi connectivity index (χ0n) is 10.9. The van der Waals surface area contributed by atoms with Gasteiger partial charge in [0.25, 0.3) is 0 Å². The van der Waals surface area contributed by atoms with Crippen LogP contribution in [0.25, 0.3) is 11.0 Å². The molecule has 2 rings (SSSR count). The second-order valence-electron chi connectivity index (χ2n) is 4.59. The molecule has 1 heterocycles. The van der Waals surface area contributed by atoms with Gasteiger partial charge in [0.05, 0.1) is 23.7 Å². The predicted octanol–water partition coefficient (Wildman–Crippen LogP) is 2.01. The van der Waals surface area contributed by atoms with Crippen LogP contribution < -0.4 is 5.69 Å². The Morgan fingerprint density at radius 2 is 2.06 bits per heavy atom. The van der Waals surface area contributed by atoms with Gasteiger partial charge in [-0.15, -0.1) is 0 Å². The molecule has 0 aliphatic heterocycles. The predicted molar refractivity (Wildman–Crippen MR) is 69.0 cm³/mol. The number of H-pyrrole nitrogens is 1. The normalized spacial score (nSPS) is 11.2. The molecule has 0 aliphatic rings. The Hall–Kier alpha value is -2.04. The smallest absolute Gasteiger partial charge is 0.340 e. The van der Waals surface area contributed by atoms with Crippen LogP contribution in [0, 0.1) is 6.92 Å². The van der Waals surface area contributed by atoms with Crippen LogP contribution in [0.15, 0.2) is 16.9 Å². The third-order valence-corrected chi connectivity index (χ3v) is 2.89. The highest BCUT2D eigenvalue weighted by Crippen LogP contribution is 2.21. The van der Waals surface area contributed by atoms with Gasteiger partial charge < -0.3 is 9.72 Å².